The number of aromatic amines is 1. The molecule has 4 aromatic rings. The number of hydrogen-bond donors (Lipinski definition) is 1. The van der Waals surface area contributed by atoms with Gasteiger partial charge in [-0.15, -0.1) is 0 Å². The van der Waals surface area contributed by atoms with Crippen LogP contribution in [-0.4, -0.2) is 37.2 Å². The molecule has 5 rings (SSSR count). The van der Waals surface area contributed by atoms with Gasteiger partial charge in [0.25, 0.3) is 11.5 Å². The van der Waals surface area contributed by atoms with Crippen LogP contribution in [0.25, 0.3) is 10.8 Å². The number of H-pyrrole nitrogens is 1. The number of fused-ring (bicyclic) bond motifs is 2. The number of rotatable bonds is 4. The molecule has 0 spiro atoms. The number of amides is 1. The highest BCUT2D eigenvalue weighted by Gasteiger charge is 2.28. The van der Waals surface area contributed by atoms with Crippen LogP contribution in [0.1, 0.15) is 32.9 Å². The second-order valence-electron chi connectivity index (χ2n) is 7.53. The number of carbonyl (C=O) groups excluding carboxylic acids is 1. The maximum Gasteiger partial charge on any atom is 0.272 e. The highest BCUT2D eigenvalue weighted by Crippen LogP contribution is 2.26. The first-order chi connectivity index (χ1) is 15.5. The molecule has 0 radical (unpaired) electrons. The molecule has 0 aliphatic carbocycles. The number of nitrogens with one attached hydrogen (secondary N) is 1. The van der Waals surface area contributed by atoms with Crippen LogP contribution >= 0.6 is 11.8 Å². The van der Waals surface area contributed by atoms with Crippen LogP contribution in [0.3, 0.4) is 0 Å². The van der Waals surface area contributed by atoms with E-state index < -0.39 is 11.7 Å². The van der Waals surface area contributed by atoms with Crippen LogP contribution in [0.15, 0.2) is 58.6 Å². The summed E-state index contributed by atoms with van der Waals surface area (Å²) < 4.78 is 14.6. The van der Waals surface area contributed by atoms with Crippen LogP contribution in [0, 0.1) is 5.82 Å². The number of benzene rings is 2. The molecule has 160 valence electrons. The molecule has 32 heavy (non-hydrogen) atoms. The highest BCUT2D eigenvalue weighted by atomic mass is 32.2. The van der Waals surface area contributed by atoms with E-state index in [0.717, 1.165) is 22.2 Å². The van der Waals surface area contributed by atoms with Crippen molar-refractivity contribution < 1.29 is 9.18 Å². The van der Waals surface area contributed by atoms with E-state index in [9.17, 15) is 14.0 Å². The first-order valence-electron chi connectivity index (χ1n) is 9.96. The summed E-state index contributed by atoms with van der Waals surface area (Å²) in [6.07, 6.45) is 3.96. The zero-order chi connectivity index (χ0) is 22.2. The number of carbonyl (C=O) groups is 1. The third kappa shape index (κ3) is 3.64. The fraction of sp³-hybridized carbons (Fsp3) is 0.174. The van der Waals surface area contributed by atoms with E-state index >= 15 is 0 Å². The van der Waals surface area contributed by atoms with E-state index in [1.54, 1.807) is 35.4 Å². The highest BCUT2D eigenvalue weighted by molar-refractivity contribution is 7.98. The van der Waals surface area contributed by atoms with Crippen molar-refractivity contribution in [1.29, 1.82) is 0 Å². The zero-order valence-electron chi connectivity index (χ0n) is 17.1. The third-order valence-electron chi connectivity index (χ3n) is 5.51. The molecule has 1 aliphatic heterocycles. The summed E-state index contributed by atoms with van der Waals surface area (Å²) in [6.45, 7) is 0.665. The molecule has 1 aliphatic rings. The lowest BCUT2D eigenvalue weighted by atomic mass is 10.0. The molecule has 3 heterocycles. The molecule has 0 unspecified atom stereocenters. The summed E-state index contributed by atoms with van der Waals surface area (Å²) in [5.41, 5.74) is 2.77. The second-order valence-corrected chi connectivity index (χ2v) is 8.30. The van der Waals surface area contributed by atoms with Gasteiger partial charge in [-0.1, -0.05) is 36.0 Å². The van der Waals surface area contributed by atoms with Gasteiger partial charge in [-0.3, -0.25) is 9.59 Å². The first-order valence-corrected chi connectivity index (χ1v) is 11.2. The molecule has 7 nitrogen and oxygen atoms in total. The predicted molar refractivity (Wildman–Crippen MR) is 119 cm³/mol. The summed E-state index contributed by atoms with van der Waals surface area (Å²) in [4.78, 5) is 35.4. The Morgan fingerprint density at radius 1 is 1.19 bits per heavy atom. The average Bonchev–Trinajstić information content (AvgIpc) is 3.25. The van der Waals surface area contributed by atoms with Crippen LogP contribution < -0.4 is 5.56 Å². The fourth-order valence-electron chi connectivity index (χ4n) is 3.89. The Morgan fingerprint density at radius 2 is 2.00 bits per heavy atom. The molecule has 9 heteroatoms. The largest absolute Gasteiger partial charge is 0.328 e. The van der Waals surface area contributed by atoms with Gasteiger partial charge >= 0.3 is 0 Å². The number of halogens is 1. The monoisotopic (exact) mass is 447 g/mol. The molecule has 0 saturated heterocycles. The Bertz CT molecular complexity index is 1420. The normalized spacial score (nSPS) is 12.9. The second kappa shape index (κ2) is 8.16. The van der Waals surface area contributed by atoms with Crippen molar-refractivity contribution in [3.63, 3.8) is 0 Å². The Morgan fingerprint density at radius 3 is 2.81 bits per heavy atom. The molecular weight excluding hydrogens is 429 g/mol. The van der Waals surface area contributed by atoms with Gasteiger partial charge in [-0.2, -0.15) is 5.10 Å². The molecule has 0 atom stereocenters. The van der Waals surface area contributed by atoms with Gasteiger partial charge in [-0.25, -0.2) is 19.5 Å². The standard InChI is InChI=1S/C23H18FN5O2S/c1-32-23-25-10-14-11-29(12-20(14)26-23)22(31)17-8-13(6-7-18(17)24)9-19-15-4-2-3-5-16(15)21(30)28-27-19/h2-8,10H,9,11-12H2,1H3,(H,28,30). The van der Waals surface area contributed by atoms with E-state index in [-0.39, 0.29) is 11.1 Å². The smallest absolute Gasteiger partial charge is 0.272 e. The molecule has 0 bridgehead atoms. The Balaban J connectivity index is 1.43. The van der Waals surface area contributed by atoms with E-state index in [0.29, 0.717) is 35.7 Å². The number of thioether (sulfide) groups is 1. The average molecular weight is 447 g/mol. The predicted octanol–water partition coefficient (Wildman–Crippen LogP) is 3.32. The van der Waals surface area contributed by atoms with Gasteiger partial charge in [0.15, 0.2) is 5.16 Å². The van der Waals surface area contributed by atoms with Gasteiger partial charge < -0.3 is 4.90 Å². The summed E-state index contributed by atoms with van der Waals surface area (Å²) in [6, 6.07) is 11.7. The lowest BCUT2D eigenvalue weighted by molar-refractivity contribution is 0.0745. The number of hydrogen-bond acceptors (Lipinski definition) is 6. The van der Waals surface area contributed by atoms with Crippen LogP contribution in [-0.2, 0) is 19.5 Å². The molecular formula is C23H18FN5O2S. The van der Waals surface area contributed by atoms with Gasteiger partial charge in [0, 0.05) is 30.1 Å². The maximum atomic E-state index is 14.6. The van der Waals surface area contributed by atoms with E-state index in [2.05, 4.69) is 20.2 Å². The van der Waals surface area contributed by atoms with Gasteiger partial charge in [0.1, 0.15) is 5.82 Å². The molecule has 1 N–H and O–H groups in total. The van der Waals surface area contributed by atoms with Crippen LogP contribution in [0.2, 0.25) is 0 Å². The summed E-state index contributed by atoms with van der Waals surface area (Å²) in [5, 5.41) is 8.59. The first kappa shape index (κ1) is 20.3. The fourth-order valence-corrected chi connectivity index (χ4v) is 4.25. The van der Waals surface area contributed by atoms with E-state index in [4.69, 9.17) is 0 Å². The van der Waals surface area contributed by atoms with Crippen LogP contribution in [0.5, 0.6) is 0 Å². The van der Waals surface area contributed by atoms with Crippen molar-refractivity contribution in [2.45, 2.75) is 24.7 Å². The number of aromatic nitrogens is 4. The molecule has 1 amide bonds. The third-order valence-corrected chi connectivity index (χ3v) is 6.07. The summed E-state index contributed by atoms with van der Waals surface area (Å²) in [5.74, 6) is -0.975. The Kier molecular flexibility index (Phi) is 5.18. The van der Waals surface area contributed by atoms with Crippen molar-refractivity contribution >= 4 is 28.4 Å². The Labute approximate surface area is 186 Å². The SMILES string of the molecule is CSc1ncc2c(n1)CN(C(=O)c1cc(Cc3n[nH]c(=O)c4ccccc34)ccc1F)C2. The van der Waals surface area contributed by atoms with Crippen molar-refractivity contribution in [2.24, 2.45) is 0 Å². The minimum Gasteiger partial charge on any atom is -0.328 e. The summed E-state index contributed by atoms with van der Waals surface area (Å²) in [7, 11) is 0. The van der Waals surface area contributed by atoms with Crippen molar-refractivity contribution in [3.05, 3.63) is 92.9 Å². The van der Waals surface area contributed by atoms with Gasteiger partial charge in [-0.05, 0) is 30.0 Å². The Hall–Kier alpha value is -3.59. The van der Waals surface area contributed by atoms with Gasteiger partial charge in [0.05, 0.1) is 28.9 Å². The van der Waals surface area contributed by atoms with Crippen LogP contribution in [0.4, 0.5) is 4.39 Å². The van der Waals surface area contributed by atoms with E-state index in [1.165, 1.54) is 17.8 Å². The lowest BCUT2D eigenvalue weighted by Crippen LogP contribution is -2.26. The quantitative estimate of drug-likeness (QED) is 0.381. The van der Waals surface area contributed by atoms with Crippen molar-refractivity contribution in [2.75, 3.05) is 6.26 Å². The van der Waals surface area contributed by atoms with Gasteiger partial charge in [0.2, 0.25) is 0 Å². The topological polar surface area (TPSA) is 91.8 Å². The minimum absolute atomic E-state index is 0.00193. The summed E-state index contributed by atoms with van der Waals surface area (Å²) >= 11 is 1.43. The zero-order valence-corrected chi connectivity index (χ0v) is 17.9. The minimum atomic E-state index is -0.579. The molecule has 2 aromatic heterocycles. The maximum absolute atomic E-state index is 14.6. The number of nitrogens with zero attached hydrogens (tertiary/aromatic N) is 4. The lowest BCUT2D eigenvalue weighted by Gasteiger charge is -2.16. The van der Waals surface area contributed by atoms with E-state index in [1.807, 2.05) is 18.4 Å². The van der Waals surface area contributed by atoms with Crippen molar-refractivity contribution in [3.8, 4) is 0 Å². The van der Waals surface area contributed by atoms with Crippen molar-refractivity contribution in [1.82, 2.24) is 25.1 Å². The molecule has 2 aromatic carbocycles. The molecule has 0 fully saturated rings. The molecule has 0 saturated carbocycles.